The molecule has 3 aliphatic rings. The molecule has 20 heavy (non-hydrogen) atoms. The normalized spacial score (nSPS) is 38.5. The fourth-order valence-corrected chi connectivity index (χ4v) is 5.07. The Labute approximate surface area is 119 Å². The van der Waals surface area contributed by atoms with E-state index in [4.69, 9.17) is 9.47 Å². The first-order chi connectivity index (χ1) is 9.74. The lowest BCUT2D eigenvalue weighted by atomic mass is 9.95. The molecule has 5 unspecified atom stereocenters. The molecule has 0 saturated heterocycles. The van der Waals surface area contributed by atoms with Crippen molar-refractivity contribution in [2.24, 2.45) is 29.6 Å². The molecule has 0 heterocycles. The van der Waals surface area contributed by atoms with Gasteiger partial charge < -0.3 is 14.6 Å². The second-order valence-corrected chi connectivity index (χ2v) is 6.62. The van der Waals surface area contributed by atoms with E-state index in [2.05, 4.69) is 0 Å². The van der Waals surface area contributed by atoms with Crippen molar-refractivity contribution in [3.8, 4) is 11.5 Å². The van der Waals surface area contributed by atoms with E-state index >= 15 is 0 Å². The maximum absolute atomic E-state index is 10.7. The van der Waals surface area contributed by atoms with Crippen LogP contribution in [0.15, 0.2) is 18.2 Å². The average Bonchev–Trinajstić information content (AvgIpc) is 2.92. The predicted molar refractivity (Wildman–Crippen MR) is 75.8 cm³/mol. The third kappa shape index (κ3) is 1.62. The van der Waals surface area contributed by atoms with E-state index in [1.54, 1.807) is 14.2 Å². The standard InChI is InChI=1S/C17H22O3/c1-19-12-6-5-11(8-13(12)20-2)17(18)16-14-9-3-4-10(7-9)15(14)16/h5-6,8-10,14-18H,3-4,7H2,1-2H3. The van der Waals surface area contributed by atoms with Gasteiger partial charge in [-0.05, 0) is 66.5 Å². The Morgan fingerprint density at radius 1 is 1.05 bits per heavy atom. The van der Waals surface area contributed by atoms with Crippen LogP contribution in [-0.4, -0.2) is 19.3 Å². The van der Waals surface area contributed by atoms with E-state index in [1.165, 1.54) is 19.3 Å². The lowest BCUT2D eigenvalue weighted by Crippen LogP contribution is -2.08. The summed E-state index contributed by atoms with van der Waals surface area (Å²) in [6, 6.07) is 5.80. The first-order valence-electron chi connectivity index (χ1n) is 7.64. The topological polar surface area (TPSA) is 38.7 Å². The SMILES string of the molecule is COc1ccc(C(O)C2C3C4CCC(C4)C32)cc1OC. The van der Waals surface area contributed by atoms with E-state index in [0.29, 0.717) is 11.7 Å². The summed E-state index contributed by atoms with van der Waals surface area (Å²) in [5.74, 6) is 5.28. The molecule has 0 amide bonds. The van der Waals surface area contributed by atoms with Gasteiger partial charge in [-0.25, -0.2) is 0 Å². The van der Waals surface area contributed by atoms with Gasteiger partial charge in [-0.1, -0.05) is 6.07 Å². The molecule has 1 N–H and O–H groups in total. The number of hydrogen-bond acceptors (Lipinski definition) is 3. The van der Waals surface area contributed by atoms with Crippen LogP contribution in [0.1, 0.15) is 30.9 Å². The highest BCUT2D eigenvalue weighted by atomic mass is 16.5. The quantitative estimate of drug-likeness (QED) is 0.917. The monoisotopic (exact) mass is 274 g/mol. The van der Waals surface area contributed by atoms with Crippen LogP contribution in [0.2, 0.25) is 0 Å². The molecule has 108 valence electrons. The molecule has 2 bridgehead atoms. The summed E-state index contributed by atoms with van der Waals surface area (Å²) in [5, 5.41) is 10.7. The number of aliphatic hydroxyl groups excluding tert-OH is 1. The molecule has 4 rings (SSSR count). The van der Waals surface area contributed by atoms with Crippen LogP contribution in [0.5, 0.6) is 11.5 Å². The van der Waals surface area contributed by atoms with Crippen LogP contribution in [0.4, 0.5) is 0 Å². The minimum Gasteiger partial charge on any atom is -0.493 e. The Bertz CT molecular complexity index is 511. The Kier molecular flexibility index (Phi) is 2.75. The van der Waals surface area contributed by atoms with Crippen molar-refractivity contribution in [3.63, 3.8) is 0 Å². The number of rotatable bonds is 4. The lowest BCUT2D eigenvalue weighted by Gasteiger charge is -2.17. The number of hydrogen-bond donors (Lipinski definition) is 1. The molecular formula is C17H22O3. The van der Waals surface area contributed by atoms with Crippen LogP contribution >= 0.6 is 0 Å². The molecule has 3 heteroatoms. The van der Waals surface area contributed by atoms with Crippen LogP contribution in [-0.2, 0) is 0 Å². The molecule has 0 aromatic heterocycles. The third-order valence-electron chi connectivity index (χ3n) is 5.91. The molecule has 0 radical (unpaired) electrons. The predicted octanol–water partition coefficient (Wildman–Crippen LogP) is 3.03. The van der Waals surface area contributed by atoms with Gasteiger partial charge in [-0.15, -0.1) is 0 Å². The van der Waals surface area contributed by atoms with Gasteiger partial charge in [0.15, 0.2) is 11.5 Å². The van der Waals surface area contributed by atoms with Gasteiger partial charge >= 0.3 is 0 Å². The van der Waals surface area contributed by atoms with Gasteiger partial charge in [-0.2, -0.15) is 0 Å². The molecule has 3 fully saturated rings. The van der Waals surface area contributed by atoms with Crippen LogP contribution in [0, 0.1) is 29.6 Å². The summed E-state index contributed by atoms with van der Waals surface area (Å²) >= 11 is 0. The third-order valence-corrected chi connectivity index (χ3v) is 5.91. The van der Waals surface area contributed by atoms with Crippen molar-refractivity contribution in [2.45, 2.75) is 25.4 Å². The Hall–Kier alpha value is -1.22. The smallest absolute Gasteiger partial charge is 0.161 e. The van der Waals surface area contributed by atoms with E-state index < -0.39 is 0 Å². The van der Waals surface area contributed by atoms with E-state index in [-0.39, 0.29) is 6.10 Å². The number of methoxy groups -OCH3 is 2. The average molecular weight is 274 g/mol. The summed E-state index contributed by atoms with van der Waals surface area (Å²) in [4.78, 5) is 0. The van der Waals surface area contributed by atoms with Crippen LogP contribution < -0.4 is 9.47 Å². The van der Waals surface area contributed by atoms with Gasteiger partial charge in [0.05, 0.1) is 20.3 Å². The number of aliphatic hydroxyl groups is 1. The van der Waals surface area contributed by atoms with Gasteiger partial charge in [0.1, 0.15) is 0 Å². The molecule has 3 nitrogen and oxygen atoms in total. The van der Waals surface area contributed by atoms with E-state index in [1.807, 2.05) is 18.2 Å². The molecule has 0 aliphatic heterocycles. The van der Waals surface area contributed by atoms with Gasteiger partial charge in [0.2, 0.25) is 0 Å². The maximum atomic E-state index is 10.7. The molecule has 1 aromatic carbocycles. The largest absolute Gasteiger partial charge is 0.493 e. The van der Waals surface area contributed by atoms with E-state index in [9.17, 15) is 5.11 Å². The minimum absolute atomic E-state index is 0.340. The molecule has 3 aliphatic carbocycles. The molecule has 0 spiro atoms. The maximum Gasteiger partial charge on any atom is 0.161 e. The number of ether oxygens (including phenoxy) is 2. The Morgan fingerprint density at radius 3 is 2.30 bits per heavy atom. The zero-order chi connectivity index (χ0) is 13.9. The molecule has 5 atom stereocenters. The molecule has 3 saturated carbocycles. The summed E-state index contributed by atoms with van der Waals surface area (Å²) in [5.41, 5.74) is 0.974. The zero-order valence-corrected chi connectivity index (χ0v) is 12.1. The summed E-state index contributed by atoms with van der Waals surface area (Å²) in [6.45, 7) is 0. The molecular weight excluding hydrogens is 252 g/mol. The van der Waals surface area contributed by atoms with Crippen molar-refractivity contribution in [3.05, 3.63) is 23.8 Å². The minimum atomic E-state index is -0.340. The van der Waals surface area contributed by atoms with Crippen molar-refractivity contribution in [1.82, 2.24) is 0 Å². The van der Waals surface area contributed by atoms with Crippen molar-refractivity contribution < 1.29 is 14.6 Å². The highest BCUT2D eigenvalue weighted by molar-refractivity contribution is 5.44. The Morgan fingerprint density at radius 2 is 1.70 bits per heavy atom. The van der Waals surface area contributed by atoms with Crippen molar-refractivity contribution >= 4 is 0 Å². The van der Waals surface area contributed by atoms with Gasteiger partial charge in [0.25, 0.3) is 0 Å². The lowest BCUT2D eigenvalue weighted by molar-refractivity contribution is 0.129. The Balaban J connectivity index is 1.56. The summed E-state index contributed by atoms with van der Waals surface area (Å²) in [7, 11) is 3.27. The second kappa shape index (κ2) is 4.39. The molecule has 1 aromatic rings. The van der Waals surface area contributed by atoms with Crippen molar-refractivity contribution in [2.75, 3.05) is 14.2 Å². The number of benzene rings is 1. The van der Waals surface area contributed by atoms with E-state index in [0.717, 1.165) is 35.0 Å². The highest BCUT2D eigenvalue weighted by Gasteiger charge is 2.66. The second-order valence-electron chi connectivity index (χ2n) is 6.62. The number of fused-ring (bicyclic) bond motifs is 5. The summed E-state index contributed by atoms with van der Waals surface area (Å²) < 4.78 is 10.6. The van der Waals surface area contributed by atoms with Gasteiger partial charge in [0, 0.05) is 0 Å². The fourth-order valence-electron chi connectivity index (χ4n) is 5.07. The van der Waals surface area contributed by atoms with Crippen molar-refractivity contribution in [1.29, 1.82) is 0 Å². The highest BCUT2D eigenvalue weighted by Crippen LogP contribution is 2.72. The summed E-state index contributed by atoms with van der Waals surface area (Å²) in [6.07, 6.45) is 3.86. The van der Waals surface area contributed by atoms with Crippen LogP contribution in [0.3, 0.4) is 0 Å². The first-order valence-corrected chi connectivity index (χ1v) is 7.64. The fraction of sp³-hybridized carbons (Fsp3) is 0.647. The first kappa shape index (κ1) is 12.5. The zero-order valence-electron chi connectivity index (χ0n) is 12.1. The van der Waals surface area contributed by atoms with Gasteiger partial charge in [-0.3, -0.25) is 0 Å². The van der Waals surface area contributed by atoms with Crippen LogP contribution in [0.25, 0.3) is 0 Å².